The molecule has 3 aromatic rings. The Kier molecular flexibility index (Phi) is 4.58. The van der Waals surface area contributed by atoms with Gasteiger partial charge in [0.25, 0.3) is 0 Å². The number of hydrogen-bond donors (Lipinski definition) is 1. The van der Waals surface area contributed by atoms with Gasteiger partial charge in [-0.25, -0.2) is 9.97 Å². The van der Waals surface area contributed by atoms with Gasteiger partial charge >= 0.3 is 0 Å². The van der Waals surface area contributed by atoms with Crippen LogP contribution in [0, 0.1) is 12.8 Å². The molecule has 138 valence electrons. The van der Waals surface area contributed by atoms with Crippen molar-refractivity contribution < 1.29 is 9.53 Å². The monoisotopic (exact) mass is 363 g/mol. The second kappa shape index (κ2) is 7.19. The highest BCUT2D eigenvalue weighted by Crippen LogP contribution is 2.28. The average Bonchev–Trinajstić information content (AvgIpc) is 3.33. The summed E-state index contributed by atoms with van der Waals surface area (Å²) in [5, 5.41) is 6.75. The summed E-state index contributed by atoms with van der Waals surface area (Å²) in [7, 11) is 1.65. The fraction of sp³-hybridized carbons (Fsp3) is 0.300. The van der Waals surface area contributed by atoms with Crippen molar-refractivity contribution in [3.63, 3.8) is 0 Å². The van der Waals surface area contributed by atoms with E-state index in [0.29, 0.717) is 18.9 Å². The fourth-order valence-corrected chi connectivity index (χ4v) is 3.48. The number of amides is 1. The second-order valence-electron chi connectivity index (χ2n) is 6.69. The number of H-pyrrole nitrogens is 1. The van der Waals surface area contributed by atoms with Crippen LogP contribution < -0.4 is 9.64 Å². The third kappa shape index (κ3) is 3.40. The van der Waals surface area contributed by atoms with E-state index < -0.39 is 0 Å². The van der Waals surface area contributed by atoms with Crippen LogP contribution in [0.5, 0.6) is 5.75 Å². The highest BCUT2D eigenvalue weighted by Gasteiger charge is 2.34. The lowest BCUT2D eigenvalue weighted by atomic mass is 9.98. The summed E-state index contributed by atoms with van der Waals surface area (Å²) < 4.78 is 5.27. The molecule has 1 N–H and O–H groups in total. The van der Waals surface area contributed by atoms with Crippen molar-refractivity contribution >= 4 is 11.9 Å². The molecule has 2 aromatic heterocycles. The van der Waals surface area contributed by atoms with E-state index in [4.69, 9.17) is 4.74 Å². The van der Waals surface area contributed by atoms with E-state index in [1.807, 2.05) is 31.2 Å². The van der Waals surface area contributed by atoms with Gasteiger partial charge in [-0.3, -0.25) is 14.8 Å². The summed E-state index contributed by atoms with van der Waals surface area (Å²) in [6, 6.07) is 7.87. The van der Waals surface area contributed by atoms with Crippen LogP contribution in [0.15, 0.2) is 42.9 Å². The molecule has 1 aromatic carbocycles. The average molecular weight is 363 g/mol. The van der Waals surface area contributed by atoms with Crippen molar-refractivity contribution in [3.8, 4) is 16.9 Å². The minimum Gasteiger partial charge on any atom is -0.497 e. The number of carbonyl (C=O) groups is 1. The van der Waals surface area contributed by atoms with Crippen molar-refractivity contribution in [2.75, 3.05) is 18.6 Å². The first kappa shape index (κ1) is 17.2. The molecule has 0 saturated carbocycles. The van der Waals surface area contributed by atoms with Crippen LogP contribution in [0.1, 0.15) is 17.7 Å². The lowest BCUT2D eigenvalue weighted by Gasteiger charge is -2.16. The van der Waals surface area contributed by atoms with Gasteiger partial charge in [0.1, 0.15) is 5.75 Å². The molecule has 0 bridgehead atoms. The number of aromatic amines is 1. The van der Waals surface area contributed by atoms with E-state index in [0.717, 1.165) is 34.6 Å². The molecule has 0 aliphatic carbocycles. The maximum absolute atomic E-state index is 12.9. The van der Waals surface area contributed by atoms with Crippen LogP contribution in [-0.2, 0) is 11.2 Å². The van der Waals surface area contributed by atoms with Crippen LogP contribution >= 0.6 is 0 Å². The summed E-state index contributed by atoms with van der Waals surface area (Å²) in [5.41, 5.74) is 3.77. The van der Waals surface area contributed by atoms with Gasteiger partial charge in [-0.15, -0.1) is 0 Å². The Balaban J connectivity index is 1.51. The number of nitrogens with zero attached hydrogens (tertiary/aromatic N) is 4. The first-order valence-corrected chi connectivity index (χ1v) is 8.93. The lowest BCUT2D eigenvalue weighted by Crippen LogP contribution is -2.29. The summed E-state index contributed by atoms with van der Waals surface area (Å²) in [4.78, 5) is 23.6. The maximum atomic E-state index is 12.9. The number of aryl methyl sites for hydroxylation is 1. The molecule has 1 amide bonds. The molecule has 1 aliphatic rings. The molecule has 3 heterocycles. The van der Waals surface area contributed by atoms with Gasteiger partial charge in [0, 0.05) is 36.0 Å². The molecule has 4 rings (SSSR count). The van der Waals surface area contributed by atoms with Crippen LogP contribution in [0.2, 0.25) is 0 Å². The molecule has 7 nitrogen and oxygen atoms in total. The number of aromatic nitrogens is 4. The largest absolute Gasteiger partial charge is 0.497 e. The standard InChI is InChI=1S/C20H21N5O2/c1-13-18(16-10-22-23-11-16)12-21-20(24-13)25-7-6-15(19(25)26)8-14-4-3-5-17(9-14)27-2/h3-5,9-12,15H,6-8H2,1-2H3,(H,22,23). The number of anilines is 1. The molecule has 1 aliphatic heterocycles. The van der Waals surface area contributed by atoms with Gasteiger partial charge in [-0.2, -0.15) is 5.10 Å². The van der Waals surface area contributed by atoms with Crippen molar-refractivity contribution in [3.05, 3.63) is 54.1 Å². The van der Waals surface area contributed by atoms with Crippen LogP contribution in [0.25, 0.3) is 11.1 Å². The number of nitrogens with one attached hydrogen (secondary N) is 1. The first-order chi connectivity index (χ1) is 13.2. The van der Waals surface area contributed by atoms with Crippen LogP contribution in [0.3, 0.4) is 0 Å². The normalized spacial score (nSPS) is 16.7. The van der Waals surface area contributed by atoms with Gasteiger partial charge in [0.15, 0.2) is 0 Å². The highest BCUT2D eigenvalue weighted by atomic mass is 16.5. The minimum atomic E-state index is -0.0606. The number of benzene rings is 1. The smallest absolute Gasteiger partial charge is 0.232 e. The maximum Gasteiger partial charge on any atom is 0.232 e. The lowest BCUT2D eigenvalue weighted by molar-refractivity contribution is -0.120. The third-order valence-electron chi connectivity index (χ3n) is 4.95. The summed E-state index contributed by atoms with van der Waals surface area (Å²) in [6.07, 6.45) is 6.78. The number of carbonyl (C=O) groups excluding carboxylic acids is 1. The Hall–Kier alpha value is -3.22. The number of methoxy groups -OCH3 is 1. The SMILES string of the molecule is COc1cccc(CC2CCN(c3ncc(-c4cn[nH]c4)c(C)n3)C2=O)c1. The quantitative estimate of drug-likeness (QED) is 0.753. The molecule has 1 fully saturated rings. The van der Waals surface area contributed by atoms with Crippen molar-refractivity contribution in [2.45, 2.75) is 19.8 Å². The highest BCUT2D eigenvalue weighted by molar-refractivity contribution is 5.95. The minimum absolute atomic E-state index is 0.0606. The first-order valence-electron chi connectivity index (χ1n) is 8.93. The van der Waals surface area contributed by atoms with E-state index in [2.05, 4.69) is 20.2 Å². The van der Waals surface area contributed by atoms with E-state index in [1.54, 1.807) is 30.6 Å². The van der Waals surface area contributed by atoms with Gasteiger partial charge < -0.3 is 4.74 Å². The van der Waals surface area contributed by atoms with Gasteiger partial charge in [-0.1, -0.05) is 12.1 Å². The Labute approximate surface area is 157 Å². The zero-order valence-electron chi connectivity index (χ0n) is 15.3. The molecule has 1 saturated heterocycles. The molecule has 0 radical (unpaired) electrons. The molecule has 1 atom stereocenters. The number of hydrogen-bond acceptors (Lipinski definition) is 5. The van der Waals surface area contributed by atoms with E-state index in [1.165, 1.54) is 0 Å². The van der Waals surface area contributed by atoms with Gasteiger partial charge in [0.05, 0.1) is 19.0 Å². The van der Waals surface area contributed by atoms with Crippen LogP contribution in [0.4, 0.5) is 5.95 Å². The summed E-state index contributed by atoms with van der Waals surface area (Å²) >= 11 is 0. The Morgan fingerprint density at radius 2 is 2.22 bits per heavy atom. The molecule has 7 heteroatoms. The van der Waals surface area contributed by atoms with E-state index in [9.17, 15) is 4.79 Å². The van der Waals surface area contributed by atoms with E-state index in [-0.39, 0.29) is 11.8 Å². The van der Waals surface area contributed by atoms with Crippen molar-refractivity contribution in [2.24, 2.45) is 5.92 Å². The molecule has 0 spiro atoms. The molecule has 1 unspecified atom stereocenters. The van der Waals surface area contributed by atoms with E-state index >= 15 is 0 Å². The summed E-state index contributed by atoms with van der Waals surface area (Å²) in [5.74, 6) is 1.30. The fourth-order valence-electron chi connectivity index (χ4n) is 3.48. The Morgan fingerprint density at radius 1 is 1.33 bits per heavy atom. The van der Waals surface area contributed by atoms with Crippen molar-refractivity contribution in [1.82, 2.24) is 20.2 Å². The molecular formula is C20H21N5O2. The Morgan fingerprint density at radius 3 is 2.96 bits per heavy atom. The predicted molar refractivity (Wildman–Crippen MR) is 102 cm³/mol. The molecule has 27 heavy (non-hydrogen) atoms. The number of rotatable bonds is 5. The van der Waals surface area contributed by atoms with Crippen molar-refractivity contribution in [1.29, 1.82) is 0 Å². The Bertz CT molecular complexity index is 955. The predicted octanol–water partition coefficient (Wildman–Crippen LogP) is 2.78. The molecular weight excluding hydrogens is 342 g/mol. The van der Waals surface area contributed by atoms with Gasteiger partial charge in [0.2, 0.25) is 11.9 Å². The summed E-state index contributed by atoms with van der Waals surface area (Å²) in [6.45, 7) is 2.56. The van der Waals surface area contributed by atoms with Gasteiger partial charge in [-0.05, 0) is 37.5 Å². The number of ether oxygens (including phenoxy) is 1. The topological polar surface area (TPSA) is 84.0 Å². The third-order valence-corrected chi connectivity index (χ3v) is 4.95. The van der Waals surface area contributed by atoms with Crippen LogP contribution in [-0.4, -0.2) is 39.7 Å². The second-order valence-corrected chi connectivity index (χ2v) is 6.69. The zero-order chi connectivity index (χ0) is 18.8. The zero-order valence-corrected chi connectivity index (χ0v) is 15.3.